The number of carbonyl (C=O) groups excluding carboxylic acids is 1. The molecule has 4 rings (SSSR count). The molecule has 2 aromatic rings. The van der Waals surface area contributed by atoms with Crippen molar-refractivity contribution in [3.8, 4) is 6.07 Å². The maximum Gasteiger partial charge on any atom is 0.185 e. The number of fused-ring (bicyclic) bond motifs is 3. The SMILES string of the molecule is N#C[C@@H]1C[C@H](C(=O)c2ccccc2)N2c3ccccc3S[C@@H]12. The molecule has 0 unspecified atom stereocenters. The number of thioether (sulfide) groups is 1. The van der Waals surface area contributed by atoms with Crippen LogP contribution >= 0.6 is 11.8 Å². The summed E-state index contributed by atoms with van der Waals surface area (Å²) in [5.74, 6) is -0.00397. The Balaban J connectivity index is 1.75. The van der Waals surface area contributed by atoms with E-state index in [4.69, 9.17) is 0 Å². The highest BCUT2D eigenvalue weighted by molar-refractivity contribution is 8.00. The number of rotatable bonds is 2. The van der Waals surface area contributed by atoms with E-state index in [2.05, 4.69) is 17.0 Å². The molecule has 108 valence electrons. The summed E-state index contributed by atoms with van der Waals surface area (Å²) in [6.07, 6.45) is 0.607. The zero-order valence-electron chi connectivity index (χ0n) is 11.8. The fourth-order valence-electron chi connectivity index (χ4n) is 3.33. The van der Waals surface area contributed by atoms with Crippen LogP contribution in [-0.4, -0.2) is 17.2 Å². The molecule has 1 saturated heterocycles. The van der Waals surface area contributed by atoms with Crippen LogP contribution in [0, 0.1) is 17.2 Å². The van der Waals surface area contributed by atoms with Crippen molar-refractivity contribution in [1.82, 2.24) is 0 Å². The van der Waals surface area contributed by atoms with Gasteiger partial charge in [-0.25, -0.2) is 0 Å². The molecule has 0 saturated carbocycles. The van der Waals surface area contributed by atoms with Gasteiger partial charge in [-0.15, -0.1) is 0 Å². The van der Waals surface area contributed by atoms with Crippen molar-refractivity contribution in [2.24, 2.45) is 5.92 Å². The first kappa shape index (κ1) is 13.4. The minimum atomic E-state index is -0.242. The van der Waals surface area contributed by atoms with Gasteiger partial charge < -0.3 is 4.90 Å². The van der Waals surface area contributed by atoms with Crippen LogP contribution in [0.5, 0.6) is 0 Å². The summed E-state index contributed by atoms with van der Waals surface area (Å²) in [7, 11) is 0. The Morgan fingerprint density at radius 3 is 2.64 bits per heavy atom. The predicted molar refractivity (Wildman–Crippen MR) is 86.8 cm³/mol. The van der Waals surface area contributed by atoms with Gasteiger partial charge in [0.05, 0.1) is 29.1 Å². The maximum absolute atomic E-state index is 12.9. The van der Waals surface area contributed by atoms with Gasteiger partial charge >= 0.3 is 0 Å². The standard InChI is InChI=1S/C18H14N2OS/c19-11-13-10-15(17(21)12-6-2-1-3-7-12)20-14-8-4-5-9-16(14)22-18(13)20/h1-9,13,15,18H,10H2/t13-,15+,18-/m0/s1. The Morgan fingerprint density at radius 2 is 1.86 bits per heavy atom. The van der Waals surface area contributed by atoms with Gasteiger partial charge in [0.2, 0.25) is 0 Å². The fourth-order valence-corrected chi connectivity index (χ4v) is 4.75. The lowest BCUT2D eigenvalue weighted by Gasteiger charge is -2.25. The van der Waals surface area contributed by atoms with Crippen LogP contribution in [0.1, 0.15) is 16.8 Å². The average Bonchev–Trinajstić information content (AvgIpc) is 3.12. The van der Waals surface area contributed by atoms with E-state index in [1.54, 1.807) is 11.8 Å². The minimum Gasteiger partial charge on any atom is -0.346 e. The lowest BCUT2D eigenvalue weighted by Crippen LogP contribution is -2.38. The van der Waals surface area contributed by atoms with E-state index in [0.29, 0.717) is 6.42 Å². The highest BCUT2D eigenvalue weighted by Gasteiger charge is 2.49. The Kier molecular flexibility index (Phi) is 3.16. The first-order chi connectivity index (χ1) is 10.8. The third-order valence-corrected chi connectivity index (χ3v) is 5.75. The van der Waals surface area contributed by atoms with Crippen LogP contribution in [0.3, 0.4) is 0 Å². The van der Waals surface area contributed by atoms with Gasteiger partial charge in [-0.2, -0.15) is 5.26 Å². The van der Waals surface area contributed by atoms with Gasteiger partial charge in [-0.1, -0.05) is 54.2 Å². The third kappa shape index (κ3) is 1.93. The Bertz CT molecular complexity index is 768. The molecule has 0 spiro atoms. The number of ketones is 1. The number of anilines is 1. The molecular formula is C18H14N2OS. The van der Waals surface area contributed by atoms with Crippen LogP contribution in [0.2, 0.25) is 0 Å². The van der Waals surface area contributed by atoms with Crippen LogP contribution in [-0.2, 0) is 0 Å². The molecule has 2 aliphatic rings. The summed E-state index contributed by atoms with van der Waals surface area (Å²) >= 11 is 1.71. The summed E-state index contributed by atoms with van der Waals surface area (Å²) in [6, 6.07) is 19.6. The fraction of sp³-hybridized carbons (Fsp3) is 0.222. The molecule has 0 N–H and O–H groups in total. The number of Topliss-reactive ketones (excluding diaryl/α,β-unsaturated/α-hetero) is 1. The highest BCUT2D eigenvalue weighted by Crippen LogP contribution is 2.52. The highest BCUT2D eigenvalue weighted by atomic mass is 32.2. The molecule has 3 nitrogen and oxygen atoms in total. The van der Waals surface area contributed by atoms with Crippen molar-refractivity contribution >= 4 is 23.2 Å². The zero-order chi connectivity index (χ0) is 15.1. The number of para-hydroxylation sites is 1. The first-order valence-corrected chi connectivity index (χ1v) is 8.20. The molecule has 0 bridgehead atoms. The van der Waals surface area contributed by atoms with Crippen LogP contribution < -0.4 is 4.90 Å². The summed E-state index contributed by atoms with van der Waals surface area (Å²) in [4.78, 5) is 16.2. The van der Waals surface area contributed by atoms with Crippen LogP contribution in [0.15, 0.2) is 59.5 Å². The van der Waals surface area contributed by atoms with E-state index in [0.717, 1.165) is 11.3 Å². The van der Waals surface area contributed by atoms with Crippen molar-refractivity contribution in [2.75, 3.05) is 4.90 Å². The Morgan fingerprint density at radius 1 is 1.14 bits per heavy atom. The average molecular weight is 306 g/mol. The van der Waals surface area contributed by atoms with Gasteiger partial charge in [0, 0.05) is 10.5 Å². The van der Waals surface area contributed by atoms with E-state index in [1.165, 1.54) is 4.90 Å². The summed E-state index contributed by atoms with van der Waals surface area (Å²) < 4.78 is 0. The second kappa shape index (κ2) is 5.19. The van der Waals surface area contributed by atoms with Crippen molar-refractivity contribution < 1.29 is 4.79 Å². The van der Waals surface area contributed by atoms with E-state index in [-0.39, 0.29) is 23.1 Å². The number of carbonyl (C=O) groups is 1. The number of benzene rings is 2. The molecule has 0 radical (unpaired) electrons. The summed E-state index contributed by atoms with van der Waals surface area (Å²) in [5.41, 5.74) is 1.81. The van der Waals surface area contributed by atoms with Gasteiger partial charge in [-0.05, 0) is 18.6 Å². The zero-order valence-corrected chi connectivity index (χ0v) is 12.7. The van der Waals surface area contributed by atoms with Gasteiger partial charge in [0.15, 0.2) is 5.78 Å². The molecule has 1 fully saturated rings. The topological polar surface area (TPSA) is 44.1 Å². The van der Waals surface area contributed by atoms with E-state index >= 15 is 0 Å². The number of nitriles is 1. The molecule has 22 heavy (non-hydrogen) atoms. The molecule has 2 aromatic carbocycles. The Labute approximate surface area is 133 Å². The summed E-state index contributed by atoms with van der Waals surface area (Å²) in [5, 5.41) is 9.52. The van der Waals surface area contributed by atoms with Gasteiger partial charge in [0.25, 0.3) is 0 Å². The normalized spacial score (nSPS) is 25.4. The molecule has 0 aliphatic carbocycles. The quantitative estimate of drug-likeness (QED) is 0.793. The molecule has 2 heterocycles. The van der Waals surface area contributed by atoms with Gasteiger partial charge in [-0.3, -0.25) is 4.79 Å². The smallest absolute Gasteiger partial charge is 0.185 e. The van der Waals surface area contributed by atoms with Crippen molar-refractivity contribution in [3.05, 3.63) is 60.2 Å². The predicted octanol–water partition coefficient (Wildman–Crippen LogP) is 3.72. The first-order valence-electron chi connectivity index (χ1n) is 7.32. The van der Waals surface area contributed by atoms with Crippen molar-refractivity contribution in [1.29, 1.82) is 5.26 Å². The van der Waals surface area contributed by atoms with Crippen LogP contribution in [0.25, 0.3) is 0 Å². The number of hydrogen-bond acceptors (Lipinski definition) is 4. The number of nitrogens with zero attached hydrogens (tertiary/aromatic N) is 2. The minimum absolute atomic E-state index is 0.0556. The molecule has 2 aliphatic heterocycles. The largest absolute Gasteiger partial charge is 0.346 e. The van der Waals surface area contributed by atoms with Gasteiger partial charge in [0.1, 0.15) is 0 Å². The maximum atomic E-state index is 12.9. The van der Waals surface area contributed by atoms with Crippen molar-refractivity contribution in [2.45, 2.75) is 22.7 Å². The molecule has 0 amide bonds. The number of hydrogen-bond donors (Lipinski definition) is 0. The molecule has 0 aromatic heterocycles. The van der Waals surface area contributed by atoms with Crippen molar-refractivity contribution in [3.63, 3.8) is 0 Å². The second-order valence-corrected chi connectivity index (χ2v) is 6.76. The van der Waals surface area contributed by atoms with Crippen LogP contribution in [0.4, 0.5) is 5.69 Å². The van der Waals surface area contributed by atoms with E-state index in [1.807, 2.05) is 48.5 Å². The van der Waals surface area contributed by atoms with E-state index < -0.39 is 0 Å². The summed E-state index contributed by atoms with van der Waals surface area (Å²) in [6.45, 7) is 0. The Hall–Kier alpha value is -2.25. The van der Waals surface area contributed by atoms with E-state index in [9.17, 15) is 10.1 Å². The lowest BCUT2D eigenvalue weighted by molar-refractivity contribution is 0.0961. The third-order valence-electron chi connectivity index (χ3n) is 4.35. The molecule has 4 heteroatoms. The monoisotopic (exact) mass is 306 g/mol. The lowest BCUT2D eigenvalue weighted by atomic mass is 9.99. The molecule has 3 atom stereocenters. The second-order valence-electron chi connectivity index (χ2n) is 5.60. The molecular weight excluding hydrogens is 292 g/mol.